The van der Waals surface area contributed by atoms with Crippen LogP contribution in [0.1, 0.15) is 50.8 Å². The third kappa shape index (κ3) is 6.29. The highest BCUT2D eigenvalue weighted by Gasteiger charge is 2.21. The fourth-order valence-corrected chi connectivity index (χ4v) is 3.52. The van der Waals surface area contributed by atoms with Crippen molar-refractivity contribution >= 4 is 16.7 Å². The first-order valence-corrected chi connectivity index (χ1v) is 11.4. The maximum atomic E-state index is 12.1. The number of aryl methyl sites for hydroxylation is 2. The molecule has 0 bridgehead atoms. The number of hydrogen-bond donors (Lipinski definition) is 1. The van der Waals surface area contributed by atoms with Crippen molar-refractivity contribution < 1.29 is 18.5 Å². The summed E-state index contributed by atoms with van der Waals surface area (Å²) in [5.74, 6) is 2.31. The Hall–Kier alpha value is -3.52. The summed E-state index contributed by atoms with van der Waals surface area (Å²) in [6.45, 7) is 8.78. The Bertz CT molecular complexity index is 1260. The summed E-state index contributed by atoms with van der Waals surface area (Å²) in [5, 5.41) is 8.23. The molecule has 8 nitrogen and oxygen atoms in total. The maximum Gasteiger partial charge on any atom is 0.226 e. The molecule has 0 aliphatic carbocycles. The van der Waals surface area contributed by atoms with Gasteiger partial charge in [-0.15, -0.1) is 0 Å². The average Bonchev–Trinajstić information content (AvgIpc) is 3.44. The van der Waals surface area contributed by atoms with Gasteiger partial charge in [0.25, 0.3) is 0 Å². The van der Waals surface area contributed by atoms with Gasteiger partial charge < -0.3 is 19.0 Å². The third-order valence-corrected chi connectivity index (χ3v) is 5.10. The Balaban J connectivity index is 1.40. The zero-order valence-electron chi connectivity index (χ0n) is 20.1. The number of nitrogens with zero attached hydrogens (tertiary/aromatic N) is 3. The van der Waals surface area contributed by atoms with E-state index in [-0.39, 0.29) is 5.78 Å². The lowest BCUT2D eigenvalue weighted by Crippen LogP contribution is -2.24. The molecule has 3 aromatic heterocycles. The number of ether oxygens (including phenoxy) is 1. The van der Waals surface area contributed by atoms with Crippen LogP contribution in [0.25, 0.3) is 22.3 Å². The van der Waals surface area contributed by atoms with Crippen molar-refractivity contribution in [1.29, 1.82) is 0 Å². The van der Waals surface area contributed by atoms with Crippen LogP contribution in [0.3, 0.4) is 0 Å². The van der Waals surface area contributed by atoms with Crippen molar-refractivity contribution in [2.24, 2.45) is 0 Å². The van der Waals surface area contributed by atoms with Gasteiger partial charge in [0.1, 0.15) is 17.1 Å². The molecule has 1 aromatic carbocycles. The van der Waals surface area contributed by atoms with Crippen molar-refractivity contribution in [2.45, 2.75) is 59.1 Å². The molecule has 0 radical (unpaired) electrons. The third-order valence-electron chi connectivity index (χ3n) is 5.10. The monoisotopic (exact) mass is 462 g/mol. The van der Waals surface area contributed by atoms with E-state index in [2.05, 4.69) is 15.5 Å². The Kier molecular flexibility index (Phi) is 7.07. The largest absolute Gasteiger partial charge is 0.471 e. The van der Waals surface area contributed by atoms with Crippen LogP contribution in [0.15, 0.2) is 51.6 Å². The summed E-state index contributed by atoms with van der Waals surface area (Å²) in [4.78, 5) is 21.4. The first kappa shape index (κ1) is 23.6. The standard InChI is InChI=1S/C26H30N4O4/c1-17-10-11-18-14-21(25(28-22(18)13-17)33-26(2,3)4)24-29-23(34-30-24)9-5-7-19(31)15-27-16-20-8-6-12-32-20/h6,8,10-14,27H,5,7,9,15-16H2,1-4H3. The zero-order valence-corrected chi connectivity index (χ0v) is 20.1. The van der Waals surface area contributed by atoms with Gasteiger partial charge >= 0.3 is 0 Å². The van der Waals surface area contributed by atoms with Crippen LogP contribution in [0.4, 0.5) is 0 Å². The lowest BCUT2D eigenvalue weighted by molar-refractivity contribution is -0.118. The normalized spacial score (nSPS) is 11.8. The Morgan fingerprint density at radius 3 is 2.76 bits per heavy atom. The van der Waals surface area contributed by atoms with Gasteiger partial charge in [-0.2, -0.15) is 4.98 Å². The van der Waals surface area contributed by atoms with Gasteiger partial charge in [0.2, 0.25) is 17.6 Å². The Morgan fingerprint density at radius 2 is 2.00 bits per heavy atom. The van der Waals surface area contributed by atoms with Crippen LogP contribution >= 0.6 is 0 Å². The van der Waals surface area contributed by atoms with E-state index < -0.39 is 5.60 Å². The molecule has 3 heterocycles. The minimum absolute atomic E-state index is 0.126. The molecular weight excluding hydrogens is 432 g/mol. The Morgan fingerprint density at radius 1 is 1.15 bits per heavy atom. The number of hydrogen-bond acceptors (Lipinski definition) is 8. The fourth-order valence-electron chi connectivity index (χ4n) is 3.52. The average molecular weight is 463 g/mol. The van der Waals surface area contributed by atoms with E-state index in [1.807, 2.05) is 64.1 Å². The number of aromatic nitrogens is 3. The number of ketones is 1. The van der Waals surface area contributed by atoms with Gasteiger partial charge in [-0.05, 0) is 63.9 Å². The van der Waals surface area contributed by atoms with Gasteiger partial charge in [0.15, 0.2) is 0 Å². The number of Topliss-reactive ketones (excluding diaryl/α,β-unsaturated/α-hetero) is 1. The molecule has 34 heavy (non-hydrogen) atoms. The van der Waals surface area contributed by atoms with E-state index in [0.29, 0.717) is 55.5 Å². The molecule has 1 N–H and O–H groups in total. The zero-order chi connectivity index (χ0) is 24.1. The molecule has 0 aliphatic rings. The molecule has 0 amide bonds. The van der Waals surface area contributed by atoms with Crippen molar-refractivity contribution in [2.75, 3.05) is 6.54 Å². The van der Waals surface area contributed by atoms with Crippen molar-refractivity contribution in [3.8, 4) is 17.3 Å². The second-order valence-electron chi connectivity index (χ2n) is 9.34. The maximum absolute atomic E-state index is 12.1. The summed E-state index contributed by atoms with van der Waals surface area (Å²) >= 11 is 0. The minimum Gasteiger partial charge on any atom is -0.471 e. The molecule has 0 spiro atoms. The molecule has 4 rings (SSSR count). The summed E-state index contributed by atoms with van der Waals surface area (Å²) in [6.07, 6.45) is 3.19. The molecule has 0 saturated carbocycles. The molecule has 8 heteroatoms. The number of fused-ring (bicyclic) bond motifs is 1. The summed E-state index contributed by atoms with van der Waals surface area (Å²) in [5.41, 5.74) is 2.23. The first-order chi connectivity index (χ1) is 16.3. The fraction of sp³-hybridized carbons (Fsp3) is 0.385. The molecule has 0 aliphatic heterocycles. The minimum atomic E-state index is -0.433. The number of rotatable bonds is 10. The predicted molar refractivity (Wildman–Crippen MR) is 129 cm³/mol. The Labute approximate surface area is 198 Å². The highest BCUT2D eigenvalue weighted by Crippen LogP contribution is 2.32. The number of benzene rings is 1. The van der Waals surface area contributed by atoms with Crippen LogP contribution in [0.5, 0.6) is 5.88 Å². The predicted octanol–water partition coefficient (Wildman–Crippen LogP) is 5.05. The quantitative estimate of drug-likeness (QED) is 0.349. The SMILES string of the molecule is Cc1ccc2cc(-c3noc(CCCC(=O)CNCc4ccco4)n3)c(OC(C)(C)C)nc2c1. The molecular formula is C26H30N4O4. The smallest absolute Gasteiger partial charge is 0.226 e. The summed E-state index contributed by atoms with van der Waals surface area (Å²) in [6, 6.07) is 11.8. The lowest BCUT2D eigenvalue weighted by Gasteiger charge is -2.22. The number of carbonyl (C=O) groups is 1. The van der Waals surface area contributed by atoms with E-state index in [1.165, 1.54) is 0 Å². The molecule has 0 fully saturated rings. The molecule has 0 unspecified atom stereocenters. The van der Waals surface area contributed by atoms with Crippen LogP contribution in [0, 0.1) is 6.92 Å². The first-order valence-electron chi connectivity index (χ1n) is 11.4. The van der Waals surface area contributed by atoms with Crippen molar-refractivity contribution in [3.63, 3.8) is 0 Å². The highest BCUT2D eigenvalue weighted by molar-refractivity contribution is 5.85. The molecule has 0 atom stereocenters. The van der Waals surface area contributed by atoms with Gasteiger partial charge in [-0.1, -0.05) is 17.3 Å². The molecule has 178 valence electrons. The van der Waals surface area contributed by atoms with Crippen LogP contribution in [-0.2, 0) is 17.8 Å². The van der Waals surface area contributed by atoms with E-state index >= 15 is 0 Å². The van der Waals surface area contributed by atoms with Gasteiger partial charge in [-0.25, -0.2) is 4.98 Å². The van der Waals surface area contributed by atoms with E-state index in [4.69, 9.17) is 18.7 Å². The second kappa shape index (κ2) is 10.2. The van der Waals surface area contributed by atoms with Gasteiger partial charge in [0.05, 0.1) is 30.4 Å². The highest BCUT2D eigenvalue weighted by atomic mass is 16.5. The molecule has 4 aromatic rings. The van der Waals surface area contributed by atoms with Crippen LogP contribution < -0.4 is 10.1 Å². The van der Waals surface area contributed by atoms with Crippen molar-refractivity contribution in [1.82, 2.24) is 20.4 Å². The van der Waals surface area contributed by atoms with Crippen LogP contribution in [0.2, 0.25) is 0 Å². The van der Waals surface area contributed by atoms with Gasteiger partial charge in [-0.3, -0.25) is 4.79 Å². The topological polar surface area (TPSA) is 103 Å². The van der Waals surface area contributed by atoms with Crippen molar-refractivity contribution in [3.05, 3.63) is 59.9 Å². The number of pyridine rings is 1. The van der Waals surface area contributed by atoms with E-state index in [9.17, 15) is 4.79 Å². The lowest BCUT2D eigenvalue weighted by atomic mass is 10.1. The van der Waals surface area contributed by atoms with Crippen LogP contribution in [-0.4, -0.2) is 33.1 Å². The number of furan rings is 1. The summed E-state index contributed by atoms with van der Waals surface area (Å²) < 4.78 is 16.8. The van der Waals surface area contributed by atoms with E-state index in [1.54, 1.807) is 6.26 Å². The van der Waals surface area contributed by atoms with E-state index in [0.717, 1.165) is 22.2 Å². The second-order valence-corrected chi connectivity index (χ2v) is 9.34. The number of nitrogens with one attached hydrogen (secondary N) is 1. The van der Waals surface area contributed by atoms with Gasteiger partial charge in [0, 0.05) is 18.2 Å². The summed E-state index contributed by atoms with van der Waals surface area (Å²) in [7, 11) is 0. The molecule has 0 saturated heterocycles. The number of carbonyl (C=O) groups excluding carboxylic acids is 1.